The molecule has 0 fully saturated rings. The van der Waals surface area contributed by atoms with Crippen LogP contribution in [0.5, 0.6) is 0 Å². The molecule has 0 spiro atoms. The van der Waals surface area contributed by atoms with Gasteiger partial charge in [0, 0.05) is 0 Å². The molecule has 0 aliphatic heterocycles. The minimum atomic E-state index is -7.11. The van der Waals surface area contributed by atoms with E-state index in [9.17, 15) is 49.4 Å². The molecule has 166 valence electrons. The maximum atomic E-state index is 14.0. The summed E-state index contributed by atoms with van der Waals surface area (Å²) in [6.45, 7) is 0.688. The molecule has 1 atom stereocenters. The highest BCUT2D eigenvalue weighted by Gasteiger charge is 2.82. The fourth-order valence-corrected chi connectivity index (χ4v) is 2.41. The molecule has 0 saturated heterocycles. The van der Waals surface area contributed by atoms with Gasteiger partial charge < -0.3 is 9.84 Å². The summed E-state index contributed by atoms with van der Waals surface area (Å²) in [4.78, 5) is 11.9. The van der Waals surface area contributed by atoms with Crippen LogP contribution in [0, 0.1) is 0 Å². The highest BCUT2D eigenvalue weighted by molar-refractivity contribution is 5.79. The number of rotatable bonds is 9. The number of carbonyl (C=O) groups is 1. The second-order valence-corrected chi connectivity index (χ2v) is 6.27. The lowest BCUT2D eigenvalue weighted by Crippen LogP contribution is -2.63. The van der Waals surface area contributed by atoms with E-state index in [1.54, 1.807) is 6.07 Å². The van der Waals surface area contributed by atoms with E-state index in [0.29, 0.717) is 5.56 Å². The quantitative estimate of drug-likeness (QED) is 0.445. The van der Waals surface area contributed by atoms with E-state index in [2.05, 4.69) is 4.74 Å². The summed E-state index contributed by atoms with van der Waals surface area (Å²) in [7, 11) is 0. The third-order valence-corrected chi connectivity index (χ3v) is 4.05. The molecule has 0 aromatic heterocycles. The monoisotopic (exact) mass is 440 g/mol. The van der Waals surface area contributed by atoms with Crippen molar-refractivity contribution in [3.05, 3.63) is 35.9 Å². The highest BCUT2D eigenvalue weighted by atomic mass is 19.4. The number of carbonyl (C=O) groups excluding carboxylic acids is 1. The van der Waals surface area contributed by atoms with E-state index in [0.717, 1.165) is 0 Å². The molecule has 1 aromatic rings. The van der Waals surface area contributed by atoms with E-state index < -0.39 is 55.0 Å². The molecule has 1 N–H and O–H groups in total. The molecule has 0 aliphatic rings. The Balaban J connectivity index is 3.23. The number of halogens is 9. The van der Waals surface area contributed by atoms with Gasteiger partial charge in [-0.2, -0.15) is 39.5 Å². The Morgan fingerprint density at radius 1 is 0.931 bits per heavy atom. The summed E-state index contributed by atoms with van der Waals surface area (Å²) >= 11 is 0. The normalized spacial score (nSPS) is 15.7. The SMILES string of the molecule is CCOC(=O)C(O)(CCc1ccccc1)CC(F)(F)C(F)(F)C(F)(F)C(F)(F)F. The molecule has 1 unspecified atom stereocenters. The predicted molar refractivity (Wildman–Crippen MR) is 81.9 cm³/mol. The van der Waals surface area contributed by atoms with Crippen LogP contribution in [0.25, 0.3) is 0 Å². The first-order chi connectivity index (χ1) is 13.0. The molecule has 12 heteroatoms. The van der Waals surface area contributed by atoms with Gasteiger partial charge in [-0.1, -0.05) is 30.3 Å². The second kappa shape index (κ2) is 8.41. The van der Waals surface area contributed by atoms with E-state index in [1.165, 1.54) is 31.2 Å². The largest absolute Gasteiger partial charge is 0.464 e. The standard InChI is InChI=1S/C17H17F9O3/c1-2-29-12(27)13(28,9-8-11-6-4-3-5-7-11)10-14(18,19)15(20,21)16(22,23)17(24,25)26/h3-7,28H,2,8-10H2,1H3. The molecule has 1 aromatic carbocycles. The van der Waals surface area contributed by atoms with Crippen LogP contribution in [0.15, 0.2) is 30.3 Å². The molecule has 3 nitrogen and oxygen atoms in total. The Morgan fingerprint density at radius 2 is 1.45 bits per heavy atom. The van der Waals surface area contributed by atoms with Crippen molar-refractivity contribution in [2.75, 3.05) is 6.61 Å². The predicted octanol–water partition coefficient (Wildman–Crippen LogP) is 4.77. The maximum absolute atomic E-state index is 14.0. The Morgan fingerprint density at radius 3 is 1.90 bits per heavy atom. The summed E-state index contributed by atoms with van der Waals surface area (Å²) in [6.07, 6.45) is -11.0. The zero-order valence-corrected chi connectivity index (χ0v) is 14.9. The van der Waals surface area contributed by atoms with Crippen LogP contribution in [-0.4, -0.2) is 47.2 Å². The number of hydrogen-bond donors (Lipinski definition) is 1. The highest BCUT2D eigenvalue weighted by Crippen LogP contribution is 2.55. The van der Waals surface area contributed by atoms with Gasteiger partial charge in [0.1, 0.15) is 0 Å². The topological polar surface area (TPSA) is 46.5 Å². The molecule has 0 amide bonds. The molecular formula is C17H17F9O3. The van der Waals surface area contributed by atoms with Crippen molar-refractivity contribution in [3.63, 3.8) is 0 Å². The van der Waals surface area contributed by atoms with Gasteiger partial charge in [0.2, 0.25) is 0 Å². The number of benzene rings is 1. The molecule has 29 heavy (non-hydrogen) atoms. The van der Waals surface area contributed by atoms with Gasteiger partial charge in [0.15, 0.2) is 5.60 Å². The van der Waals surface area contributed by atoms with E-state index >= 15 is 0 Å². The fraction of sp³-hybridized carbons (Fsp3) is 0.588. The Bertz CT molecular complexity index is 689. The Hall–Kier alpha value is -1.98. The van der Waals surface area contributed by atoms with E-state index in [1.807, 2.05) is 0 Å². The van der Waals surface area contributed by atoms with Gasteiger partial charge in [-0.15, -0.1) is 0 Å². The van der Waals surface area contributed by atoms with E-state index in [-0.39, 0.29) is 6.42 Å². The first-order valence-corrected chi connectivity index (χ1v) is 8.15. The van der Waals surface area contributed by atoms with Crippen molar-refractivity contribution in [2.45, 2.75) is 55.7 Å². The average molecular weight is 440 g/mol. The third-order valence-electron chi connectivity index (χ3n) is 4.05. The van der Waals surface area contributed by atoms with Gasteiger partial charge in [-0.3, -0.25) is 0 Å². The van der Waals surface area contributed by atoms with Crippen LogP contribution in [0.1, 0.15) is 25.3 Å². The van der Waals surface area contributed by atoms with Crippen LogP contribution in [-0.2, 0) is 16.0 Å². The van der Waals surface area contributed by atoms with Crippen molar-refractivity contribution >= 4 is 5.97 Å². The van der Waals surface area contributed by atoms with Gasteiger partial charge in [-0.05, 0) is 25.3 Å². The van der Waals surface area contributed by atoms with Gasteiger partial charge >= 0.3 is 29.9 Å². The maximum Gasteiger partial charge on any atom is 0.460 e. The average Bonchev–Trinajstić information content (AvgIpc) is 2.59. The molecule has 0 saturated carbocycles. The molecule has 0 aliphatic carbocycles. The summed E-state index contributed by atoms with van der Waals surface area (Å²) in [5, 5.41) is 10.2. The molecule has 0 radical (unpaired) electrons. The molecule has 0 heterocycles. The van der Waals surface area contributed by atoms with Crippen LogP contribution in [0.3, 0.4) is 0 Å². The lowest BCUT2D eigenvalue weighted by atomic mass is 9.85. The van der Waals surface area contributed by atoms with Crippen molar-refractivity contribution in [1.29, 1.82) is 0 Å². The Kier molecular flexibility index (Phi) is 7.26. The van der Waals surface area contributed by atoms with Crippen molar-refractivity contribution in [1.82, 2.24) is 0 Å². The second-order valence-electron chi connectivity index (χ2n) is 6.27. The van der Waals surface area contributed by atoms with Crippen molar-refractivity contribution in [3.8, 4) is 0 Å². The third kappa shape index (κ3) is 5.14. The molecule has 1 rings (SSSR count). The first kappa shape index (κ1) is 25.1. The first-order valence-electron chi connectivity index (χ1n) is 8.15. The fourth-order valence-electron chi connectivity index (χ4n) is 2.41. The lowest BCUT2D eigenvalue weighted by Gasteiger charge is -2.37. The number of ether oxygens (including phenoxy) is 1. The van der Waals surface area contributed by atoms with Crippen LogP contribution >= 0.6 is 0 Å². The zero-order chi connectivity index (χ0) is 22.7. The van der Waals surface area contributed by atoms with Gasteiger partial charge in [0.25, 0.3) is 0 Å². The summed E-state index contributed by atoms with van der Waals surface area (Å²) in [5.41, 5.74) is -3.09. The number of aliphatic hydroxyl groups is 1. The smallest absolute Gasteiger partial charge is 0.460 e. The van der Waals surface area contributed by atoms with Crippen molar-refractivity contribution in [2.24, 2.45) is 0 Å². The van der Waals surface area contributed by atoms with Crippen LogP contribution in [0.4, 0.5) is 39.5 Å². The van der Waals surface area contributed by atoms with Crippen molar-refractivity contribution < 1.29 is 54.2 Å². The Labute approximate surface area is 159 Å². The van der Waals surface area contributed by atoms with Crippen LogP contribution < -0.4 is 0 Å². The lowest BCUT2D eigenvalue weighted by molar-refractivity contribution is -0.399. The summed E-state index contributed by atoms with van der Waals surface area (Å²) in [5.74, 6) is -22.0. The van der Waals surface area contributed by atoms with E-state index in [4.69, 9.17) is 0 Å². The number of alkyl halides is 9. The number of hydrogen-bond acceptors (Lipinski definition) is 3. The van der Waals surface area contributed by atoms with Gasteiger partial charge in [-0.25, -0.2) is 4.79 Å². The van der Waals surface area contributed by atoms with Gasteiger partial charge in [0.05, 0.1) is 13.0 Å². The number of esters is 1. The molecule has 0 bridgehead atoms. The van der Waals surface area contributed by atoms with Crippen LogP contribution in [0.2, 0.25) is 0 Å². The summed E-state index contributed by atoms with van der Waals surface area (Å²) in [6, 6.07) is 7.40. The zero-order valence-electron chi connectivity index (χ0n) is 14.9. The molecular weight excluding hydrogens is 423 g/mol. The minimum absolute atomic E-state index is 0.353. The minimum Gasteiger partial charge on any atom is -0.464 e. The number of aryl methyl sites for hydroxylation is 1. The summed E-state index contributed by atoms with van der Waals surface area (Å²) < 4.78 is 122.